The molecule has 0 aliphatic carbocycles. The van der Waals surface area contributed by atoms with Crippen LogP contribution >= 0.6 is 11.8 Å². The molecule has 6 heteroatoms. The largest absolute Gasteiger partial charge is 0.457 e. The zero-order valence-corrected chi connectivity index (χ0v) is 16.7. The van der Waals surface area contributed by atoms with Crippen LogP contribution in [0.25, 0.3) is 0 Å². The molecule has 0 radical (unpaired) electrons. The average molecular weight is 372 g/mol. The first-order valence-electron chi connectivity index (χ1n) is 8.46. The summed E-state index contributed by atoms with van der Waals surface area (Å²) in [6.07, 6.45) is 2.63. The molecule has 0 saturated carbocycles. The Morgan fingerprint density at radius 1 is 1.08 bits per heavy atom. The fourth-order valence-electron chi connectivity index (χ4n) is 2.72. The summed E-state index contributed by atoms with van der Waals surface area (Å²) in [6.45, 7) is 7.40. The lowest BCUT2D eigenvalue weighted by Crippen LogP contribution is -2.16. The van der Waals surface area contributed by atoms with E-state index in [2.05, 4.69) is 9.97 Å². The number of benzene rings is 1. The highest BCUT2D eigenvalue weighted by Crippen LogP contribution is 2.17. The molecular weight excluding hydrogens is 348 g/mol. The number of thioether (sulfide) groups is 1. The standard InChI is InChI=1S/C20H24N2O3S/c1-12-6-7-13(2)17(10-12)18(23)11-25-19(24)9-8-16-14(3)21-20(26-5)22-15(16)4/h6-7,10H,8-9,11H2,1-5H3. The van der Waals surface area contributed by atoms with E-state index in [-0.39, 0.29) is 18.8 Å². The van der Waals surface area contributed by atoms with Crippen molar-refractivity contribution in [3.8, 4) is 0 Å². The number of carbonyl (C=O) groups excluding carboxylic acids is 2. The third-order valence-corrected chi connectivity index (χ3v) is 4.77. The van der Waals surface area contributed by atoms with Crippen LogP contribution in [0.3, 0.4) is 0 Å². The SMILES string of the molecule is CSc1nc(C)c(CCC(=O)OCC(=O)c2cc(C)ccc2C)c(C)n1. The number of esters is 1. The Kier molecular flexibility index (Phi) is 6.91. The van der Waals surface area contributed by atoms with Gasteiger partial charge in [-0.15, -0.1) is 0 Å². The Labute approximate surface area is 158 Å². The summed E-state index contributed by atoms with van der Waals surface area (Å²) < 4.78 is 5.17. The highest BCUT2D eigenvalue weighted by molar-refractivity contribution is 7.98. The van der Waals surface area contributed by atoms with Crippen LogP contribution in [0.5, 0.6) is 0 Å². The fourth-order valence-corrected chi connectivity index (χ4v) is 3.18. The molecule has 0 bridgehead atoms. The van der Waals surface area contributed by atoms with Crippen molar-refractivity contribution < 1.29 is 14.3 Å². The number of aromatic nitrogens is 2. The molecule has 0 aliphatic rings. The van der Waals surface area contributed by atoms with Crippen molar-refractivity contribution >= 4 is 23.5 Å². The van der Waals surface area contributed by atoms with E-state index in [0.29, 0.717) is 12.0 Å². The molecule has 0 unspecified atom stereocenters. The number of ether oxygens (including phenoxy) is 1. The predicted octanol–water partition coefficient (Wildman–Crippen LogP) is 3.79. The Hall–Kier alpha value is -2.21. The molecule has 138 valence electrons. The van der Waals surface area contributed by atoms with E-state index < -0.39 is 5.97 Å². The Morgan fingerprint density at radius 3 is 2.35 bits per heavy atom. The number of ketones is 1. The quantitative estimate of drug-likeness (QED) is 0.319. The number of hydrogen-bond acceptors (Lipinski definition) is 6. The highest BCUT2D eigenvalue weighted by Gasteiger charge is 2.14. The lowest BCUT2D eigenvalue weighted by atomic mass is 10.0. The zero-order valence-electron chi connectivity index (χ0n) is 15.9. The van der Waals surface area contributed by atoms with Crippen LogP contribution in [0, 0.1) is 27.7 Å². The molecule has 0 spiro atoms. The summed E-state index contributed by atoms with van der Waals surface area (Å²) in [5.41, 5.74) is 5.20. The van der Waals surface area contributed by atoms with Gasteiger partial charge in [0, 0.05) is 23.4 Å². The van der Waals surface area contributed by atoms with Gasteiger partial charge in [0.15, 0.2) is 11.8 Å². The zero-order chi connectivity index (χ0) is 19.3. The first-order valence-corrected chi connectivity index (χ1v) is 9.68. The van der Waals surface area contributed by atoms with Gasteiger partial charge in [-0.25, -0.2) is 9.97 Å². The van der Waals surface area contributed by atoms with Gasteiger partial charge in [-0.05, 0) is 57.6 Å². The Morgan fingerprint density at radius 2 is 1.73 bits per heavy atom. The number of aryl methyl sites for hydroxylation is 4. The van der Waals surface area contributed by atoms with Crippen molar-refractivity contribution in [3.05, 3.63) is 51.8 Å². The van der Waals surface area contributed by atoms with Gasteiger partial charge in [-0.1, -0.05) is 29.5 Å². The van der Waals surface area contributed by atoms with Crippen LogP contribution in [-0.4, -0.2) is 34.6 Å². The summed E-state index contributed by atoms with van der Waals surface area (Å²) in [4.78, 5) is 33.1. The van der Waals surface area contributed by atoms with E-state index in [9.17, 15) is 9.59 Å². The van der Waals surface area contributed by atoms with E-state index >= 15 is 0 Å². The number of Topliss-reactive ketones (excluding diaryl/α,β-unsaturated/α-hetero) is 1. The number of hydrogen-bond donors (Lipinski definition) is 0. The minimum atomic E-state index is -0.392. The maximum Gasteiger partial charge on any atom is 0.306 e. The maximum atomic E-state index is 12.3. The van der Waals surface area contributed by atoms with Crippen LogP contribution in [0.2, 0.25) is 0 Å². The van der Waals surface area contributed by atoms with Gasteiger partial charge in [-0.3, -0.25) is 9.59 Å². The third-order valence-electron chi connectivity index (χ3n) is 4.22. The van der Waals surface area contributed by atoms with E-state index in [1.54, 1.807) is 0 Å². The fraction of sp³-hybridized carbons (Fsp3) is 0.400. The van der Waals surface area contributed by atoms with Crippen molar-refractivity contribution in [1.82, 2.24) is 9.97 Å². The number of carbonyl (C=O) groups is 2. The molecule has 0 saturated heterocycles. The topological polar surface area (TPSA) is 69.2 Å². The second kappa shape index (κ2) is 8.94. The van der Waals surface area contributed by atoms with Gasteiger partial charge < -0.3 is 4.74 Å². The minimum absolute atomic E-state index is 0.181. The van der Waals surface area contributed by atoms with Gasteiger partial charge in [-0.2, -0.15) is 0 Å². The normalized spacial score (nSPS) is 10.7. The first kappa shape index (κ1) is 20.1. The highest BCUT2D eigenvalue weighted by atomic mass is 32.2. The second-order valence-electron chi connectivity index (χ2n) is 6.26. The van der Waals surface area contributed by atoms with Crippen molar-refractivity contribution in [2.75, 3.05) is 12.9 Å². The molecule has 0 atom stereocenters. The van der Waals surface area contributed by atoms with E-state index in [1.165, 1.54) is 11.8 Å². The molecule has 0 N–H and O–H groups in total. The van der Waals surface area contributed by atoms with E-state index in [1.807, 2.05) is 52.1 Å². The third kappa shape index (κ3) is 5.14. The summed E-state index contributed by atoms with van der Waals surface area (Å²) >= 11 is 1.49. The van der Waals surface area contributed by atoms with Gasteiger partial charge in [0.05, 0.1) is 0 Å². The molecule has 2 aromatic rings. The summed E-state index contributed by atoms with van der Waals surface area (Å²) in [5.74, 6) is -0.573. The number of nitrogens with zero attached hydrogens (tertiary/aromatic N) is 2. The molecule has 26 heavy (non-hydrogen) atoms. The second-order valence-corrected chi connectivity index (χ2v) is 7.04. The van der Waals surface area contributed by atoms with E-state index in [0.717, 1.165) is 33.2 Å². The molecule has 0 fully saturated rings. The molecule has 1 aromatic carbocycles. The van der Waals surface area contributed by atoms with Gasteiger partial charge >= 0.3 is 5.97 Å². The van der Waals surface area contributed by atoms with E-state index in [4.69, 9.17) is 4.74 Å². The molecular formula is C20H24N2O3S. The van der Waals surface area contributed by atoms with Crippen LogP contribution in [0.1, 0.15) is 44.9 Å². The van der Waals surface area contributed by atoms with Gasteiger partial charge in [0.2, 0.25) is 5.78 Å². The van der Waals surface area contributed by atoms with Crippen molar-refractivity contribution in [2.45, 2.75) is 45.7 Å². The lowest BCUT2D eigenvalue weighted by Gasteiger charge is -2.10. The molecule has 1 aromatic heterocycles. The molecule has 1 heterocycles. The first-order chi connectivity index (χ1) is 12.3. The smallest absolute Gasteiger partial charge is 0.306 e. The monoisotopic (exact) mass is 372 g/mol. The van der Waals surface area contributed by atoms with Crippen LogP contribution in [0.15, 0.2) is 23.4 Å². The number of rotatable bonds is 7. The molecule has 0 amide bonds. The Bertz CT molecular complexity index is 811. The summed E-state index contributed by atoms with van der Waals surface area (Å²) in [6, 6.07) is 5.67. The van der Waals surface area contributed by atoms with Crippen LogP contribution in [0.4, 0.5) is 0 Å². The molecule has 5 nitrogen and oxygen atoms in total. The van der Waals surface area contributed by atoms with Crippen LogP contribution < -0.4 is 0 Å². The average Bonchev–Trinajstić information content (AvgIpc) is 2.60. The summed E-state index contributed by atoms with van der Waals surface area (Å²) in [5, 5.41) is 0.727. The summed E-state index contributed by atoms with van der Waals surface area (Å²) in [7, 11) is 0. The van der Waals surface area contributed by atoms with Crippen molar-refractivity contribution in [1.29, 1.82) is 0 Å². The Balaban J connectivity index is 1.92. The van der Waals surface area contributed by atoms with Crippen molar-refractivity contribution in [2.24, 2.45) is 0 Å². The lowest BCUT2D eigenvalue weighted by molar-refractivity contribution is -0.142. The van der Waals surface area contributed by atoms with Gasteiger partial charge in [0.25, 0.3) is 0 Å². The molecule has 0 aliphatic heterocycles. The molecule has 2 rings (SSSR count). The van der Waals surface area contributed by atoms with Crippen LogP contribution in [-0.2, 0) is 16.0 Å². The van der Waals surface area contributed by atoms with Gasteiger partial charge in [0.1, 0.15) is 0 Å². The predicted molar refractivity (Wildman–Crippen MR) is 103 cm³/mol. The maximum absolute atomic E-state index is 12.3. The van der Waals surface area contributed by atoms with Crippen molar-refractivity contribution in [3.63, 3.8) is 0 Å². The minimum Gasteiger partial charge on any atom is -0.457 e.